The maximum absolute atomic E-state index is 12.0. The summed E-state index contributed by atoms with van der Waals surface area (Å²) in [5.74, 6) is -2.52. The molecule has 0 aliphatic carbocycles. The number of aryl methyl sites for hydroxylation is 1. The van der Waals surface area contributed by atoms with E-state index in [1.165, 1.54) is 0 Å². The van der Waals surface area contributed by atoms with Crippen molar-refractivity contribution < 1.29 is 24.2 Å². The number of amides is 1. The number of hydrogen-bond acceptors (Lipinski definition) is 4. The van der Waals surface area contributed by atoms with Crippen LogP contribution in [0.5, 0.6) is 0 Å². The number of esters is 1. The van der Waals surface area contributed by atoms with Crippen LogP contribution in [0, 0.1) is 5.92 Å². The molecule has 0 aliphatic heterocycles. The molecule has 0 radical (unpaired) electrons. The summed E-state index contributed by atoms with van der Waals surface area (Å²) in [6.45, 7) is 3.53. The van der Waals surface area contributed by atoms with Crippen LogP contribution in [0.3, 0.4) is 0 Å². The van der Waals surface area contributed by atoms with Gasteiger partial charge in [0.15, 0.2) is 0 Å². The molecule has 1 aromatic rings. The van der Waals surface area contributed by atoms with Gasteiger partial charge in [-0.2, -0.15) is 0 Å². The number of benzene rings is 1. The molecule has 0 aromatic heterocycles. The number of aliphatic carboxylic acids is 1. The number of nitrogens with one attached hydrogen (secondary N) is 1. The minimum atomic E-state index is -1.16. The molecule has 1 amide bonds. The normalized spacial score (nSPS) is 13.0. The lowest BCUT2D eigenvalue weighted by atomic mass is 9.98. The Bertz CT molecular complexity index is 529. The van der Waals surface area contributed by atoms with Crippen molar-refractivity contribution in [2.45, 2.75) is 39.2 Å². The zero-order valence-electron chi connectivity index (χ0n) is 13.5. The second-order valence-corrected chi connectivity index (χ2v) is 5.36. The lowest BCUT2D eigenvalue weighted by Crippen LogP contribution is -2.45. The minimum Gasteiger partial charge on any atom is -0.480 e. The summed E-state index contributed by atoms with van der Waals surface area (Å²) in [5.41, 5.74) is 1.01. The van der Waals surface area contributed by atoms with E-state index in [1.807, 2.05) is 30.3 Å². The second kappa shape index (κ2) is 9.61. The molecule has 0 saturated carbocycles. The van der Waals surface area contributed by atoms with E-state index in [0.29, 0.717) is 6.42 Å². The van der Waals surface area contributed by atoms with E-state index in [2.05, 4.69) is 5.32 Å². The van der Waals surface area contributed by atoms with Gasteiger partial charge >= 0.3 is 11.9 Å². The van der Waals surface area contributed by atoms with Gasteiger partial charge in [-0.05, 0) is 24.8 Å². The maximum atomic E-state index is 12.0. The average Bonchev–Trinajstić information content (AvgIpc) is 2.51. The lowest BCUT2D eigenvalue weighted by molar-refractivity contribution is -0.147. The van der Waals surface area contributed by atoms with Crippen molar-refractivity contribution in [3.05, 3.63) is 35.9 Å². The van der Waals surface area contributed by atoms with Gasteiger partial charge in [0.05, 0.1) is 13.0 Å². The summed E-state index contributed by atoms with van der Waals surface area (Å²) in [6.07, 6.45) is 0.676. The van der Waals surface area contributed by atoms with E-state index >= 15 is 0 Å². The number of carbonyl (C=O) groups excluding carboxylic acids is 2. The molecule has 126 valence electrons. The Kier molecular flexibility index (Phi) is 7.80. The van der Waals surface area contributed by atoms with Crippen molar-refractivity contribution in [2.24, 2.45) is 5.92 Å². The standard InChI is InChI=1S/C17H23NO5/c1-3-23-15(20)11-12(2)16(17(21)22)18-14(19)10-9-13-7-5-4-6-8-13/h4-8,12,16H,3,9-11H2,1-2H3,(H,18,19)(H,21,22)/t12-,16-/m1/s1. The summed E-state index contributed by atoms with van der Waals surface area (Å²) in [7, 11) is 0. The third-order valence-electron chi connectivity index (χ3n) is 3.43. The highest BCUT2D eigenvalue weighted by atomic mass is 16.5. The molecule has 1 rings (SSSR count). The third kappa shape index (κ3) is 6.95. The van der Waals surface area contributed by atoms with Crippen LogP contribution in [-0.4, -0.2) is 35.6 Å². The van der Waals surface area contributed by atoms with Gasteiger partial charge in [-0.1, -0.05) is 37.3 Å². The van der Waals surface area contributed by atoms with E-state index in [4.69, 9.17) is 4.74 Å². The van der Waals surface area contributed by atoms with E-state index < -0.39 is 23.9 Å². The van der Waals surface area contributed by atoms with Crippen molar-refractivity contribution in [2.75, 3.05) is 6.61 Å². The highest BCUT2D eigenvalue weighted by Crippen LogP contribution is 2.11. The van der Waals surface area contributed by atoms with E-state index in [9.17, 15) is 19.5 Å². The van der Waals surface area contributed by atoms with Crippen molar-refractivity contribution in [3.8, 4) is 0 Å². The number of rotatable bonds is 9. The molecular weight excluding hydrogens is 298 g/mol. The number of carbonyl (C=O) groups is 3. The van der Waals surface area contributed by atoms with Gasteiger partial charge in [0, 0.05) is 6.42 Å². The fourth-order valence-corrected chi connectivity index (χ4v) is 2.20. The van der Waals surface area contributed by atoms with Crippen LogP contribution in [-0.2, 0) is 25.5 Å². The fourth-order valence-electron chi connectivity index (χ4n) is 2.20. The third-order valence-corrected chi connectivity index (χ3v) is 3.43. The first-order valence-corrected chi connectivity index (χ1v) is 7.65. The maximum Gasteiger partial charge on any atom is 0.326 e. The molecule has 0 bridgehead atoms. The molecule has 0 spiro atoms. The van der Waals surface area contributed by atoms with Gasteiger partial charge < -0.3 is 15.2 Å². The van der Waals surface area contributed by atoms with E-state index in [0.717, 1.165) is 5.56 Å². The zero-order valence-corrected chi connectivity index (χ0v) is 13.5. The molecular formula is C17H23NO5. The van der Waals surface area contributed by atoms with Crippen molar-refractivity contribution in [1.82, 2.24) is 5.32 Å². The summed E-state index contributed by atoms with van der Waals surface area (Å²) >= 11 is 0. The van der Waals surface area contributed by atoms with Gasteiger partial charge in [-0.3, -0.25) is 9.59 Å². The van der Waals surface area contributed by atoms with Gasteiger partial charge in [0.25, 0.3) is 0 Å². The Hall–Kier alpha value is -2.37. The van der Waals surface area contributed by atoms with Crippen LogP contribution in [0.2, 0.25) is 0 Å². The minimum absolute atomic E-state index is 0.0518. The number of hydrogen-bond donors (Lipinski definition) is 2. The first-order chi connectivity index (χ1) is 10.9. The molecule has 0 saturated heterocycles. The quantitative estimate of drug-likeness (QED) is 0.676. The van der Waals surface area contributed by atoms with Crippen molar-refractivity contribution in [1.29, 1.82) is 0 Å². The number of carboxylic acid groups (broad SMARTS) is 1. The number of carboxylic acids is 1. The molecule has 0 heterocycles. The average molecular weight is 321 g/mol. The summed E-state index contributed by atoms with van der Waals surface area (Å²) in [5, 5.41) is 11.7. The Morgan fingerprint density at radius 3 is 2.43 bits per heavy atom. The molecule has 0 fully saturated rings. The Morgan fingerprint density at radius 1 is 1.22 bits per heavy atom. The number of ether oxygens (including phenoxy) is 1. The highest BCUT2D eigenvalue weighted by molar-refractivity contribution is 5.84. The Morgan fingerprint density at radius 2 is 1.87 bits per heavy atom. The summed E-state index contributed by atoms with van der Waals surface area (Å²) in [4.78, 5) is 34.7. The van der Waals surface area contributed by atoms with Gasteiger partial charge in [-0.25, -0.2) is 4.79 Å². The molecule has 2 N–H and O–H groups in total. The molecule has 0 aliphatic rings. The smallest absolute Gasteiger partial charge is 0.326 e. The monoisotopic (exact) mass is 321 g/mol. The lowest BCUT2D eigenvalue weighted by Gasteiger charge is -2.20. The van der Waals surface area contributed by atoms with Gasteiger partial charge in [0.2, 0.25) is 5.91 Å². The predicted octanol–water partition coefficient (Wildman–Crippen LogP) is 1.78. The molecule has 0 unspecified atom stereocenters. The summed E-state index contributed by atoms with van der Waals surface area (Å²) in [6, 6.07) is 8.36. The SMILES string of the molecule is CCOC(=O)C[C@@H](C)[C@@H](NC(=O)CCc1ccccc1)C(=O)O. The molecule has 6 nitrogen and oxygen atoms in total. The van der Waals surface area contributed by atoms with Crippen molar-refractivity contribution in [3.63, 3.8) is 0 Å². The largest absolute Gasteiger partial charge is 0.480 e. The molecule has 1 aromatic carbocycles. The second-order valence-electron chi connectivity index (χ2n) is 5.36. The van der Waals surface area contributed by atoms with Gasteiger partial charge in [-0.15, -0.1) is 0 Å². The van der Waals surface area contributed by atoms with Crippen molar-refractivity contribution >= 4 is 17.8 Å². The van der Waals surface area contributed by atoms with Crippen LogP contribution in [0.1, 0.15) is 32.3 Å². The zero-order chi connectivity index (χ0) is 17.2. The fraction of sp³-hybridized carbons (Fsp3) is 0.471. The highest BCUT2D eigenvalue weighted by Gasteiger charge is 2.28. The Balaban J connectivity index is 2.52. The predicted molar refractivity (Wildman–Crippen MR) is 84.7 cm³/mol. The van der Waals surface area contributed by atoms with E-state index in [-0.39, 0.29) is 25.4 Å². The van der Waals surface area contributed by atoms with Crippen LogP contribution in [0.15, 0.2) is 30.3 Å². The van der Waals surface area contributed by atoms with Crippen LogP contribution >= 0.6 is 0 Å². The topological polar surface area (TPSA) is 92.7 Å². The molecule has 6 heteroatoms. The Labute approximate surface area is 135 Å². The van der Waals surface area contributed by atoms with Crippen LogP contribution < -0.4 is 5.32 Å². The molecule has 23 heavy (non-hydrogen) atoms. The van der Waals surface area contributed by atoms with Gasteiger partial charge in [0.1, 0.15) is 6.04 Å². The van der Waals surface area contributed by atoms with E-state index in [1.54, 1.807) is 13.8 Å². The van der Waals surface area contributed by atoms with Crippen LogP contribution in [0.25, 0.3) is 0 Å². The summed E-state index contributed by atoms with van der Waals surface area (Å²) < 4.78 is 4.81. The van der Waals surface area contributed by atoms with Crippen LogP contribution in [0.4, 0.5) is 0 Å². The first kappa shape index (κ1) is 18.7. The molecule has 2 atom stereocenters. The first-order valence-electron chi connectivity index (χ1n) is 7.65.